The molecule has 0 spiro atoms. The minimum atomic E-state index is -0.554. The lowest BCUT2D eigenvalue weighted by Gasteiger charge is -2.08. The number of carbonyl (C=O) groups is 1. The van der Waals surface area contributed by atoms with E-state index in [-0.39, 0.29) is 29.7 Å². The van der Waals surface area contributed by atoms with Gasteiger partial charge in [-0.3, -0.25) is 4.79 Å². The Kier molecular flexibility index (Phi) is 2.29. The van der Waals surface area contributed by atoms with Gasteiger partial charge in [-0.25, -0.2) is 4.39 Å². The van der Waals surface area contributed by atoms with E-state index in [1.165, 1.54) is 12.1 Å². The maximum Gasteiger partial charge on any atom is 0.227 e. The van der Waals surface area contributed by atoms with Gasteiger partial charge in [0.25, 0.3) is 0 Å². The number of hydrogen-bond donors (Lipinski definition) is 1. The maximum atomic E-state index is 13.0. The summed E-state index contributed by atoms with van der Waals surface area (Å²) in [7, 11) is 0. The molecule has 14 heavy (non-hydrogen) atoms. The Balaban J connectivity index is 2.50. The van der Waals surface area contributed by atoms with Gasteiger partial charge in [0.2, 0.25) is 5.91 Å². The summed E-state index contributed by atoms with van der Waals surface area (Å²) in [6.45, 7) is 0.210. The molecule has 3 nitrogen and oxygen atoms in total. The highest BCUT2D eigenvalue weighted by molar-refractivity contribution is 6.32. The van der Waals surface area contributed by atoms with Gasteiger partial charge in [0.15, 0.2) is 5.75 Å². The van der Waals surface area contributed by atoms with Gasteiger partial charge in [-0.2, -0.15) is 0 Å². The van der Waals surface area contributed by atoms with E-state index in [0.717, 1.165) is 0 Å². The van der Waals surface area contributed by atoms with Gasteiger partial charge >= 0.3 is 0 Å². The highest BCUT2D eigenvalue weighted by atomic mass is 35.5. The average molecular weight is 216 g/mol. The summed E-state index contributed by atoms with van der Waals surface area (Å²) in [4.78, 5) is 11.1. The van der Waals surface area contributed by atoms with E-state index in [1.807, 2.05) is 0 Å². The summed E-state index contributed by atoms with van der Waals surface area (Å²) in [5.41, 5.74) is 0.416. The molecule has 1 amide bonds. The molecule has 0 bridgehead atoms. The Bertz CT molecular complexity index is 395. The van der Waals surface area contributed by atoms with Crippen molar-refractivity contribution < 1.29 is 13.9 Å². The highest BCUT2D eigenvalue weighted by Gasteiger charge is 2.18. The predicted molar refractivity (Wildman–Crippen MR) is 50.2 cm³/mol. The molecule has 1 aromatic carbocycles. The first kappa shape index (κ1) is 9.27. The van der Waals surface area contributed by atoms with Crippen LogP contribution in [0.3, 0.4) is 0 Å². The van der Waals surface area contributed by atoms with Crippen molar-refractivity contribution in [2.45, 2.75) is 6.42 Å². The number of rotatable bonds is 0. The SMILES string of the molecule is O=C1CCOc2c(ccc(F)c2Cl)N1. The molecule has 0 aromatic heterocycles. The zero-order valence-corrected chi connectivity index (χ0v) is 7.90. The van der Waals surface area contributed by atoms with Gasteiger partial charge in [-0.05, 0) is 12.1 Å². The fraction of sp³-hybridized carbons (Fsp3) is 0.222. The molecule has 0 atom stereocenters. The van der Waals surface area contributed by atoms with Crippen molar-refractivity contribution in [3.8, 4) is 5.75 Å². The van der Waals surface area contributed by atoms with E-state index in [0.29, 0.717) is 5.69 Å². The lowest BCUT2D eigenvalue weighted by Crippen LogP contribution is -2.10. The third-order valence-electron chi connectivity index (χ3n) is 1.90. The van der Waals surface area contributed by atoms with Gasteiger partial charge in [-0.1, -0.05) is 11.6 Å². The Morgan fingerprint density at radius 2 is 2.29 bits per heavy atom. The van der Waals surface area contributed by atoms with Crippen LogP contribution in [0.5, 0.6) is 5.75 Å². The maximum absolute atomic E-state index is 13.0. The summed E-state index contributed by atoms with van der Waals surface area (Å²) < 4.78 is 18.2. The third-order valence-corrected chi connectivity index (χ3v) is 2.25. The Morgan fingerprint density at radius 1 is 1.50 bits per heavy atom. The van der Waals surface area contributed by atoms with E-state index in [1.54, 1.807) is 0 Å². The van der Waals surface area contributed by atoms with Crippen LogP contribution in [0.2, 0.25) is 5.02 Å². The molecule has 1 aliphatic heterocycles. The van der Waals surface area contributed by atoms with E-state index < -0.39 is 5.82 Å². The molecule has 1 aliphatic rings. The van der Waals surface area contributed by atoms with E-state index in [2.05, 4.69) is 5.32 Å². The summed E-state index contributed by atoms with van der Waals surface area (Å²) in [5.74, 6) is -0.509. The molecule has 0 aliphatic carbocycles. The lowest BCUT2D eigenvalue weighted by molar-refractivity contribution is -0.116. The molecule has 0 radical (unpaired) electrons. The van der Waals surface area contributed by atoms with Crippen molar-refractivity contribution in [3.05, 3.63) is 23.0 Å². The number of amides is 1. The zero-order valence-electron chi connectivity index (χ0n) is 7.14. The number of hydrogen-bond acceptors (Lipinski definition) is 2. The molecule has 0 unspecified atom stereocenters. The second-order valence-electron chi connectivity index (χ2n) is 2.88. The van der Waals surface area contributed by atoms with Crippen molar-refractivity contribution in [2.24, 2.45) is 0 Å². The fourth-order valence-corrected chi connectivity index (χ4v) is 1.45. The molecule has 1 N–H and O–H groups in total. The van der Waals surface area contributed by atoms with Crippen LogP contribution < -0.4 is 10.1 Å². The summed E-state index contributed by atoms with van der Waals surface area (Å²) in [6.07, 6.45) is 0.243. The van der Waals surface area contributed by atoms with Crippen molar-refractivity contribution in [2.75, 3.05) is 11.9 Å². The monoisotopic (exact) mass is 215 g/mol. The Morgan fingerprint density at radius 3 is 3.07 bits per heavy atom. The third kappa shape index (κ3) is 1.53. The molecule has 1 aromatic rings. The molecule has 0 saturated heterocycles. The first-order valence-electron chi connectivity index (χ1n) is 4.09. The van der Waals surface area contributed by atoms with Crippen LogP contribution in [0.1, 0.15) is 6.42 Å². The molecule has 74 valence electrons. The molecular weight excluding hydrogens is 209 g/mol. The van der Waals surface area contributed by atoms with Crippen LogP contribution in [-0.2, 0) is 4.79 Å². The van der Waals surface area contributed by atoms with Crippen molar-refractivity contribution in [3.63, 3.8) is 0 Å². The minimum Gasteiger partial charge on any atom is -0.489 e. The van der Waals surface area contributed by atoms with Gasteiger partial charge in [0, 0.05) is 0 Å². The average Bonchev–Trinajstić information content (AvgIpc) is 2.34. The van der Waals surface area contributed by atoms with Crippen molar-refractivity contribution >= 4 is 23.2 Å². The van der Waals surface area contributed by atoms with Gasteiger partial charge in [0.1, 0.15) is 10.8 Å². The van der Waals surface area contributed by atoms with Gasteiger partial charge < -0.3 is 10.1 Å². The van der Waals surface area contributed by atoms with Crippen LogP contribution in [0.25, 0.3) is 0 Å². The number of halogens is 2. The largest absolute Gasteiger partial charge is 0.489 e. The van der Waals surface area contributed by atoms with E-state index in [9.17, 15) is 9.18 Å². The second-order valence-corrected chi connectivity index (χ2v) is 3.26. The standard InChI is InChI=1S/C9H7ClFNO2/c10-8-5(11)1-2-6-9(8)14-4-3-7(13)12-6/h1-2H,3-4H2,(H,12,13). The molecule has 2 rings (SSSR count). The fourth-order valence-electron chi connectivity index (χ4n) is 1.23. The topological polar surface area (TPSA) is 38.3 Å². The van der Waals surface area contributed by atoms with Crippen LogP contribution in [-0.4, -0.2) is 12.5 Å². The smallest absolute Gasteiger partial charge is 0.227 e. The number of anilines is 1. The molecule has 0 saturated carbocycles. The Hall–Kier alpha value is -1.29. The van der Waals surface area contributed by atoms with Crippen molar-refractivity contribution in [1.82, 2.24) is 0 Å². The van der Waals surface area contributed by atoms with Crippen LogP contribution in [0.15, 0.2) is 12.1 Å². The van der Waals surface area contributed by atoms with Crippen LogP contribution in [0, 0.1) is 5.82 Å². The Labute approximate surface area is 84.8 Å². The van der Waals surface area contributed by atoms with E-state index >= 15 is 0 Å². The molecular formula is C9H7ClFNO2. The van der Waals surface area contributed by atoms with Crippen LogP contribution in [0.4, 0.5) is 10.1 Å². The predicted octanol–water partition coefficient (Wildman–Crippen LogP) is 2.20. The van der Waals surface area contributed by atoms with E-state index in [4.69, 9.17) is 16.3 Å². The number of ether oxygens (including phenoxy) is 1. The first-order valence-corrected chi connectivity index (χ1v) is 4.47. The minimum absolute atomic E-state index is 0.0929. The van der Waals surface area contributed by atoms with Gasteiger partial charge in [0.05, 0.1) is 18.7 Å². The van der Waals surface area contributed by atoms with Crippen molar-refractivity contribution in [1.29, 1.82) is 0 Å². The van der Waals surface area contributed by atoms with Crippen LogP contribution >= 0.6 is 11.6 Å². The number of carbonyl (C=O) groups excluding carboxylic acids is 1. The lowest BCUT2D eigenvalue weighted by atomic mass is 10.3. The normalized spacial score (nSPS) is 15.1. The summed E-state index contributed by atoms with van der Waals surface area (Å²) in [6, 6.07) is 2.62. The highest BCUT2D eigenvalue weighted by Crippen LogP contribution is 2.36. The summed E-state index contributed by atoms with van der Waals surface area (Å²) in [5, 5.41) is 2.48. The van der Waals surface area contributed by atoms with Gasteiger partial charge in [-0.15, -0.1) is 0 Å². The summed E-state index contributed by atoms with van der Waals surface area (Å²) >= 11 is 5.68. The molecule has 0 fully saturated rings. The number of nitrogens with one attached hydrogen (secondary N) is 1. The quantitative estimate of drug-likeness (QED) is 0.721. The molecule has 5 heteroatoms. The molecule has 1 heterocycles. The number of fused-ring (bicyclic) bond motifs is 1. The number of benzene rings is 1. The first-order chi connectivity index (χ1) is 6.68. The zero-order chi connectivity index (χ0) is 10.1. The second kappa shape index (κ2) is 3.46.